The number of likely N-dealkylation sites (tertiary alicyclic amines) is 1. The molecule has 1 amide bonds. The van der Waals surface area contributed by atoms with Crippen LogP contribution in [0.5, 0.6) is 0 Å². The first-order valence-corrected chi connectivity index (χ1v) is 11.4. The summed E-state index contributed by atoms with van der Waals surface area (Å²) in [6, 6.07) is 2.61. The maximum atomic E-state index is 12.7. The van der Waals surface area contributed by atoms with Crippen molar-refractivity contribution < 1.29 is 4.79 Å². The lowest BCUT2D eigenvalue weighted by molar-refractivity contribution is -0.137. The predicted octanol–water partition coefficient (Wildman–Crippen LogP) is 4.34. The van der Waals surface area contributed by atoms with Crippen LogP contribution in [0.25, 0.3) is 11.0 Å². The van der Waals surface area contributed by atoms with Crippen LogP contribution in [0.1, 0.15) is 76.9 Å². The number of amides is 1. The van der Waals surface area contributed by atoms with Gasteiger partial charge in [0.05, 0.1) is 11.8 Å². The van der Waals surface area contributed by atoms with E-state index in [1.54, 1.807) is 0 Å². The summed E-state index contributed by atoms with van der Waals surface area (Å²) in [5.41, 5.74) is 3.25. The number of nitrogens with one attached hydrogen (secondary N) is 1. The summed E-state index contributed by atoms with van der Waals surface area (Å²) < 4.78 is 2.25. The summed E-state index contributed by atoms with van der Waals surface area (Å²) in [5.74, 6) is 2.50. The molecule has 2 aromatic rings. The molecule has 0 aromatic carbocycles. The minimum Gasteiger partial charge on any atom is -0.368 e. The van der Waals surface area contributed by atoms with Crippen LogP contribution < -0.4 is 5.32 Å². The molecule has 3 heterocycles. The average molecular weight is 396 g/mol. The topological polar surface area (TPSA) is 63.1 Å². The van der Waals surface area contributed by atoms with Crippen molar-refractivity contribution in [1.82, 2.24) is 19.4 Å². The van der Waals surface area contributed by atoms with Gasteiger partial charge in [0.1, 0.15) is 5.52 Å². The highest BCUT2D eigenvalue weighted by Crippen LogP contribution is 2.47. The fourth-order valence-corrected chi connectivity index (χ4v) is 4.52. The van der Waals surface area contributed by atoms with Crippen molar-refractivity contribution in [2.45, 2.75) is 71.3 Å². The van der Waals surface area contributed by atoms with Crippen molar-refractivity contribution in [2.75, 3.05) is 25.0 Å². The van der Waals surface area contributed by atoms with E-state index < -0.39 is 0 Å². The van der Waals surface area contributed by atoms with Gasteiger partial charge in [0, 0.05) is 42.7 Å². The Kier molecular flexibility index (Phi) is 4.56. The molecule has 156 valence electrons. The molecule has 6 heteroatoms. The number of fused-ring (bicyclic) bond motifs is 1. The molecule has 0 radical (unpaired) electrons. The molecule has 0 atom stereocenters. The maximum Gasteiger partial charge on any atom is 0.228 e. The van der Waals surface area contributed by atoms with Gasteiger partial charge in [0.2, 0.25) is 5.91 Å². The molecule has 3 aliphatic rings. The molecule has 6 nitrogen and oxygen atoms in total. The molecule has 0 spiro atoms. The molecule has 2 aliphatic carbocycles. The van der Waals surface area contributed by atoms with Gasteiger partial charge in [0.15, 0.2) is 5.82 Å². The Morgan fingerprint density at radius 1 is 1.24 bits per heavy atom. The molecule has 0 bridgehead atoms. The average Bonchev–Trinajstić information content (AvgIpc) is 3.64. The van der Waals surface area contributed by atoms with Gasteiger partial charge in [-0.3, -0.25) is 4.79 Å². The number of piperidine rings is 1. The third kappa shape index (κ3) is 3.62. The Morgan fingerprint density at radius 2 is 1.97 bits per heavy atom. The van der Waals surface area contributed by atoms with Gasteiger partial charge in [-0.05, 0) is 64.4 Å². The van der Waals surface area contributed by atoms with Gasteiger partial charge in [0.25, 0.3) is 0 Å². The molecule has 1 saturated heterocycles. The number of hydrogen-bond donors (Lipinski definition) is 1. The quantitative estimate of drug-likeness (QED) is 0.790. The molecule has 0 unspecified atom stereocenters. The Balaban J connectivity index is 1.38. The standard InChI is InChI=1S/C23H33N5O/c1-15(2)28-14-25-20-19(28)12-18(26-21(20)24-13-16-4-5-16)17-6-10-27(11-7-17)22(29)23(3)8-9-23/h12,14-17H,4-11,13H2,1-3H3,(H,24,26). The lowest BCUT2D eigenvalue weighted by Gasteiger charge is -2.33. The van der Waals surface area contributed by atoms with Crippen LogP contribution in [-0.4, -0.2) is 45.0 Å². The molecule has 2 saturated carbocycles. The fraction of sp³-hybridized carbons (Fsp3) is 0.696. The van der Waals surface area contributed by atoms with E-state index in [1.165, 1.54) is 18.4 Å². The van der Waals surface area contributed by atoms with Gasteiger partial charge in [-0.15, -0.1) is 0 Å². The van der Waals surface area contributed by atoms with Gasteiger partial charge >= 0.3 is 0 Å². The summed E-state index contributed by atoms with van der Waals surface area (Å²) in [7, 11) is 0. The molecule has 1 aliphatic heterocycles. The zero-order chi connectivity index (χ0) is 20.2. The number of nitrogens with zero attached hydrogens (tertiary/aromatic N) is 4. The second-order valence-electron chi connectivity index (χ2n) is 9.96. The Bertz CT molecular complexity index is 917. The van der Waals surface area contributed by atoms with E-state index in [0.29, 0.717) is 17.9 Å². The van der Waals surface area contributed by atoms with E-state index in [1.807, 2.05) is 6.33 Å². The van der Waals surface area contributed by atoms with E-state index >= 15 is 0 Å². The van der Waals surface area contributed by atoms with E-state index in [-0.39, 0.29) is 5.41 Å². The number of aromatic nitrogens is 3. The van der Waals surface area contributed by atoms with Gasteiger partial charge < -0.3 is 14.8 Å². The van der Waals surface area contributed by atoms with E-state index in [9.17, 15) is 4.79 Å². The first kappa shape index (κ1) is 18.9. The van der Waals surface area contributed by atoms with Crippen LogP contribution in [0, 0.1) is 11.3 Å². The molecule has 29 heavy (non-hydrogen) atoms. The second kappa shape index (κ2) is 6.99. The number of hydrogen-bond acceptors (Lipinski definition) is 4. The highest BCUT2D eigenvalue weighted by molar-refractivity contribution is 5.87. The van der Waals surface area contributed by atoms with Crippen LogP contribution in [0.4, 0.5) is 5.82 Å². The molecular weight excluding hydrogens is 362 g/mol. The van der Waals surface area contributed by atoms with Crippen LogP contribution >= 0.6 is 0 Å². The van der Waals surface area contributed by atoms with Crippen molar-refractivity contribution in [3.63, 3.8) is 0 Å². The number of anilines is 1. The lowest BCUT2D eigenvalue weighted by Crippen LogP contribution is -2.41. The zero-order valence-corrected chi connectivity index (χ0v) is 17.9. The Labute approximate surface area is 173 Å². The molecule has 1 N–H and O–H groups in total. The monoisotopic (exact) mass is 395 g/mol. The Hall–Kier alpha value is -2.11. The van der Waals surface area contributed by atoms with Gasteiger partial charge in [-0.1, -0.05) is 6.92 Å². The molecule has 2 aromatic heterocycles. The van der Waals surface area contributed by atoms with Crippen molar-refractivity contribution >= 4 is 22.8 Å². The molecule has 5 rings (SSSR count). The lowest BCUT2D eigenvalue weighted by atomic mass is 9.92. The summed E-state index contributed by atoms with van der Waals surface area (Å²) in [5, 5.41) is 3.59. The summed E-state index contributed by atoms with van der Waals surface area (Å²) in [6.07, 6.45) is 8.69. The van der Waals surface area contributed by atoms with Crippen molar-refractivity contribution in [3.8, 4) is 0 Å². The summed E-state index contributed by atoms with van der Waals surface area (Å²) in [6.45, 7) is 9.20. The van der Waals surface area contributed by atoms with Crippen LogP contribution in [0.2, 0.25) is 0 Å². The highest BCUT2D eigenvalue weighted by atomic mass is 16.2. The smallest absolute Gasteiger partial charge is 0.228 e. The molecule has 3 fully saturated rings. The van der Waals surface area contributed by atoms with Gasteiger partial charge in [-0.25, -0.2) is 9.97 Å². The van der Waals surface area contributed by atoms with Crippen LogP contribution in [0.3, 0.4) is 0 Å². The molecular formula is C23H33N5O. The maximum absolute atomic E-state index is 12.7. The zero-order valence-electron chi connectivity index (χ0n) is 17.9. The van der Waals surface area contributed by atoms with Crippen molar-refractivity contribution in [3.05, 3.63) is 18.1 Å². The van der Waals surface area contributed by atoms with E-state index in [2.05, 4.69) is 46.6 Å². The van der Waals surface area contributed by atoms with Crippen LogP contribution in [-0.2, 0) is 4.79 Å². The number of imidazole rings is 1. The largest absolute Gasteiger partial charge is 0.368 e. The predicted molar refractivity (Wildman–Crippen MR) is 115 cm³/mol. The Morgan fingerprint density at radius 3 is 2.59 bits per heavy atom. The minimum absolute atomic E-state index is 0.0618. The highest BCUT2D eigenvalue weighted by Gasteiger charge is 2.47. The van der Waals surface area contributed by atoms with E-state index in [0.717, 1.165) is 68.3 Å². The van der Waals surface area contributed by atoms with E-state index in [4.69, 9.17) is 4.98 Å². The van der Waals surface area contributed by atoms with Gasteiger partial charge in [-0.2, -0.15) is 0 Å². The third-order valence-electron chi connectivity index (χ3n) is 7.11. The van der Waals surface area contributed by atoms with Crippen molar-refractivity contribution in [1.29, 1.82) is 0 Å². The summed E-state index contributed by atoms with van der Waals surface area (Å²) in [4.78, 5) is 24.5. The normalized spacial score (nSPS) is 21.7. The fourth-order valence-electron chi connectivity index (χ4n) is 4.52. The van der Waals surface area contributed by atoms with Crippen molar-refractivity contribution in [2.24, 2.45) is 11.3 Å². The number of rotatable bonds is 6. The first-order valence-electron chi connectivity index (χ1n) is 11.4. The third-order valence-corrected chi connectivity index (χ3v) is 7.11. The number of carbonyl (C=O) groups excluding carboxylic acids is 1. The summed E-state index contributed by atoms with van der Waals surface area (Å²) >= 11 is 0. The minimum atomic E-state index is -0.0618. The number of pyridine rings is 1. The SMILES string of the molecule is CC(C)n1cnc2c(NCC3CC3)nc(C3CCN(C(=O)C4(C)CC4)CC3)cc21. The second-order valence-corrected chi connectivity index (χ2v) is 9.96. The van der Waals surface area contributed by atoms with Crippen LogP contribution in [0.15, 0.2) is 12.4 Å². The first-order chi connectivity index (χ1) is 13.9. The number of carbonyl (C=O) groups is 1.